The van der Waals surface area contributed by atoms with Crippen molar-refractivity contribution in [1.82, 2.24) is 25.3 Å². The van der Waals surface area contributed by atoms with Gasteiger partial charge < -0.3 is 25.2 Å². The Morgan fingerprint density at radius 3 is 2.54 bits per heavy atom. The van der Waals surface area contributed by atoms with E-state index in [0.29, 0.717) is 19.7 Å². The van der Waals surface area contributed by atoms with Crippen LogP contribution in [0.3, 0.4) is 0 Å². The average molecular weight is 397 g/mol. The first kappa shape index (κ1) is 22.9. The molecule has 2 fully saturated rings. The van der Waals surface area contributed by atoms with Crippen molar-refractivity contribution in [3.05, 3.63) is 0 Å². The Morgan fingerprint density at radius 2 is 1.89 bits per heavy atom. The first-order chi connectivity index (χ1) is 13.6. The summed E-state index contributed by atoms with van der Waals surface area (Å²) in [6.07, 6.45) is 5.41. The summed E-state index contributed by atoms with van der Waals surface area (Å²) in [7, 11) is 3.87. The number of methoxy groups -OCH3 is 1. The lowest BCUT2D eigenvalue weighted by atomic mass is 10.2. The number of amides is 1. The van der Waals surface area contributed by atoms with Crippen LogP contribution in [-0.2, 0) is 9.53 Å². The zero-order valence-corrected chi connectivity index (χ0v) is 18.1. The van der Waals surface area contributed by atoms with Crippen LogP contribution in [0, 0.1) is 0 Å². The molecule has 1 aliphatic carbocycles. The molecule has 2 N–H and O–H groups in total. The van der Waals surface area contributed by atoms with Crippen LogP contribution in [0.25, 0.3) is 0 Å². The van der Waals surface area contributed by atoms with E-state index in [2.05, 4.69) is 39.3 Å². The number of carbonyl (C=O) groups excluding carboxylic acids is 1. The molecule has 0 radical (unpaired) electrons. The SMILES string of the molecule is CCNC(=NCCN(C)C1CCCC1)N1CCN(CC(=O)NCCOC)CC1. The van der Waals surface area contributed by atoms with Gasteiger partial charge in [0.2, 0.25) is 5.91 Å². The number of hydrogen-bond donors (Lipinski definition) is 2. The molecule has 8 heteroatoms. The molecular weight excluding hydrogens is 356 g/mol. The van der Waals surface area contributed by atoms with Crippen LogP contribution in [0.1, 0.15) is 32.6 Å². The molecule has 8 nitrogen and oxygen atoms in total. The molecule has 0 aromatic carbocycles. The van der Waals surface area contributed by atoms with E-state index in [1.165, 1.54) is 25.7 Å². The highest BCUT2D eigenvalue weighted by atomic mass is 16.5. The molecule has 0 bridgehead atoms. The van der Waals surface area contributed by atoms with Crippen LogP contribution in [0.5, 0.6) is 0 Å². The monoisotopic (exact) mass is 396 g/mol. The maximum absolute atomic E-state index is 12.0. The predicted molar refractivity (Wildman–Crippen MR) is 114 cm³/mol. The molecule has 28 heavy (non-hydrogen) atoms. The topological polar surface area (TPSA) is 72.4 Å². The van der Waals surface area contributed by atoms with E-state index in [1.807, 2.05) is 0 Å². The second kappa shape index (κ2) is 13.0. The lowest BCUT2D eigenvalue weighted by Crippen LogP contribution is -2.54. The van der Waals surface area contributed by atoms with Gasteiger partial charge in [0.05, 0.1) is 19.7 Å². The van der Waals surface area contributed by atoms with Gasteiger partial charge in [0.15, 0.2) is 5.96 Å². The van der Waals surface area contributed by atoms with Gasteiger partial charge in [-0.25, -0.2) is 0 Å². The molecule has 0 unspecified atom stereocenters. The minimum atomic E-state index is 0.0704. The molecule has 1 amide bonds. The van der Waals surface area contributed by atoms with E-state index in [9.17, 15) is 4.79 Å². The third-order valence-electron chi connectivity index (χ3n) is 5.66. The predicted octanol–water partition coefficient (Wildman–Crippen LogP) is 0.207. The Morgan fingerprint density at radius 1 is 1.18 bits per heavy atom. The largest absolute Gasteiger partial charge is 0.383 e. The van der Waals surface area contributed by atoms with Crippen LogP contribution < -0.4 is 10.6 Å². The summed E-state index contributed by atoms with van der Waals surface area (Å²) < 4.78 is 4.96. The molecule has 1 saturated carbocycles. The lowest BCUT2D eigenvalue weighted by Gasteiger charge is -2.36. The molecule has 1 heterocycles. The minimum Gasteiger partial charge on any atom is -0.383 e. The maximum atomic E-state index is 12.0. The molecular formula is C20H40N6O2. The Balaban J connectivity index is 1.72. The number of ether oxygens (including phenoxy) is 1. The van der Waals surface area contributed by atoms with Gasteiger partial charge in [0.25, 0.3) is 0 Å². The number of hydrogen-bond acceptors (Lipinski definition) is 5. The van der Waals surface area contributed by atoms with Crippen molar-refractivity contribution < 1.29 is 9.53 Å². The Bertz CT molecular complexity index is 473. The van der Waals surface area contributed by atoms with Crippen molar-refractivity contribution in [2.24, 2.45) is 4.99 Å². The van der Waals surface area contributed by atoms with Crippen LogP contribution >= 0.6 is 0 Å². The molecule has 1 aliphatic heterocycles. The number of likely N-dealkylation sites (N-methyl/N-ethyl adjacent to an activating group) is 1. The Labute approximate surface area is 170 Å². The second-order valence-corrected chi connectivity index (χ2v) is 7.76. The van der Waals surface area contributed by atoms with E-state index in [0.717, 1.165) is 57.8 Å². The highest BCUT2D eigenvalue weighted by Crippen LogP contribution is 2.21. The molecule has 0 spiro atoms. The smallest absolute Gasteiger partial charge is 0.234 e. The molecule has 2 aliphatic rings. The highest BCUT2D eigenvalue weighted by molar-refractivity contribution is 5.80. The fourth-order valence-electron chi connectivity index (χ4n) is 3.94. The van der Waals surface area contributed by atoms with Gasteiger partial charge in [-0.05, 0) is 26.8 Å². The van der Waals surface area contributed by atoms with Gasteiger partial charge >= 0.3 is 0 Å². The zero-order chi connectivity index (χ0) is 20.2. The van der Waals surface area contributed by atoms with Crippen LogP contribution in [0.15, 0.2) is 4.99 Å². The van der Waals surface area contributed by atoms with Crippen molar-refractivity contribution >= 4 is 11.9 Å². The third-order valence-corrected chi connectivity index (χ3v) is 5.66. The van der Waals surface area contributed by atoms with E-state index in [-0.39, 0.29) is 5.91 Å². The number of piperazine rings is 1. The molecule has 0 atom stereocenters. The van der Waals surface area contributed by atoms with E-state index < -0.39 is 0 Å². The summed E-state index contributed by atoms with van der Waals surface area (Å²) in [5.41, 5.74) is 0. The summed E-state index contributed by atoms with van der Waals surface area (Å²) in [6, 6.07) is 0.747. The molecule has 0 aromatic rings. The van der Waals surface area contributed by atoms with E-state index in [4.69, 9.17) is 9.73 Å². The molecule has 2 rings (SSSR count). The summed E-state index contributed by atoms with van der Waals surface area (Å²) in [6.45, 7) is 9.97. The third kappa shape index (κ3) is 7.93. The van der Waals surface area contributed by atoms with Crippen molar-refractivity contribution in [2.75, 3.05) is 79.7 Å². The highest BCUT2D eigenvalue weighted by Gasteiger charge is 2.22. The number of carbonyl (C=O) groups is 1. The van der Waals surface area contributed by atoms with Gasteiger partial charge in [-0.2, -0.15) is 0 Å². The van der Waals surface area contributed by atoms with Crippen LogP contribution in [0.4, 0.5) is 0 Å². The first-order valence-electron chi connectivity index (χ1n) is 10.9. The van der Waals surface area contributed by atoms with Crippen molar-refractivity contribution in [3.8, 4) is 0 Å². The van der Waals surface area contributed by atoms with Gasteiger partial charge in [-0.3, -0.25) is 14.7 Å². The summed E-state index contributed by atoms with van der Waals surface area (Å²) >= 11 is 0. The molecule has 162 valence electrons. The molecule has 0 aromatic heterocycles. The van der Waals surface area contributed by atoms with Gasteiger partial charge in [0.1, 0.15) is 0 Å². The van der Waals surface area contributed by atoms with Gasteiger partial charge in [0, 0.05) is 59.0 Å². The zero-order valence-electron chi connectivity index (χ0n) is 18.1. The van der Waals surface area contributed by atoms with Crippen LogP contribution in [-0.4, -0.2) is 112 Å². The Kier molecular flexibility index (Phi) is 10.6. The fraction of sp³-hybridized carbons (Fsp3) is 0.900. The quantitative estimate of drug-likeness (QED) is 0.312. The summed E-state index contributed by atoms with van der Waals surface area (Å²) in [5.74, 6) is 1.08. The van der Waals surface area contributed by atoms with Gasteiger partial charge in [-0.1, -0.05) is 12.8 Å². The van der Waals surface area contributed by atoms with Crippen LogP contribution in [0.2, 0.25) is 0 Å². The Hall–Kier alpha value is -1.38. The number of rotatable bonds is 10. The first-order valence-corrected chi connectivity index (χ1v) is 10.9. The van der Waals surface area contributed by atoms with E-state index >= 15 is 0 Å². The minimum absolute atomic E-state index is 0.0704. The lowest BCUT2D eigenvalue weighted by molar-refractivity contribution is -0.122. The maximum Gasteiger partial charge on any atom is 0.234 e. The summed E-state index contributed by atoms with van der Waals surface area (Å²) in [4.78, 5) is 23.8. The van der Waals surface area contributed by atoms with E-state index in [1.54, 1.807) is 7.11 Å². The van der Waals surface area contributed by atoms with Crippen molar-refractivity contribution in [1.29, 1.82) is 0 Å². The van der Waals surface area contributed by atoms with Crippen molar-refractivity contribution in [3.63, 3.8) is 0 Å². The number of aliphatic imine (C=N–C) groups is 1. The van der Waals surface area contributed by atoms with Gasteiger partial charge in [-0.15, -0.1) is 0 Å². The number of nitrogens with zero attached hydrogens (tertiary/aromatic N) is 4. The second-order valence-electron chi connectivity index (χ2n) is 7.76. The standard InChI is InChI=1S/C20H40N6O2/c1-4-21-20(23-9-11-24(2)18-7-5-6-8-18)26-14-12-25(13-15-26)17-19(27)22-10-16-28-3/h18H,4-17H2,1-3H3,(H,21,23)(H,22,27). The fourth-order valence-corrected chi connectivity index (χ4v) is 3.94. The number of nitrogens with one attached hydrogen (secondary N) is 2. The summed E-state index contributed by atoms with van der Waals surface area (Å²) in [5, 5.41) is 6.32. The number of guanidine groups is 1. The average Bonchev–Trinajstić information content (AvgIpc) is 3.23. The van der Waals surface area contributed by atoms with Crippen molar-refractivity contribution in [2.45, 2.75) is 38.6 Å². The molecule has 1 saturated heterocycles. The normalized spacial score (nSPS) is 19.4.